The third kappa shape index (κ3) is 5.44. The van der Waals surface area contributed by atoms with Gasteiger partial charge in [-0.05, 0) is 0 Å². The molecule has 29 heavy (non-hydrogen) atoms. The Bertz CT molecular complexity index is 844. The number of nitrogens with one attached hydrogen (secondary N) is 2. The predicted octanol–water partition coefficient (Wildman–Crippen LogP) is -0.154. The van der Waals surface area contributed by atoms with Crippen molar-refractivity contribution in [3.05, 3.63) is 35.4 Å². The SMILES string of the molecule is Cc1nc2c(o1)CCN(C[C@@H](O)CNC(=O)c1cc(NC3COC3)ncn1)C2.S. The Morgan fingerprint density at radius 1 is 1.41 bits per heavy atom. The zero-order valence-corrected chi connectivity index (χ0v) is 17.2. The second kappa shape index (κ2) is 9.53. The molecule has 2 aliphatic rings. The van der Waals surface area contributed by atoms with E-state index >= 15 is 0 Å². The quantitative estimate of drug-likeness (QED) is 0.558. The zero-order chi connectivity index (χ0) is 19.5. The molecule has 4 heterocycles. The molecule has 2 aromatic rings. The van der Waals surface area contributed by atoms with E-state index in [9.17, 15) is 9.90 Å². The first-order valence-electron chi connectivity index (χ1n) is 9.37. The number of rotatable bonds is 7. The zero-order valence-electron chi connectivity index (χ0n) is 16.2. The van der Waals surface area contributed by atoms with Gasteiger partial charge in [-0.2, -0.15) is 13.5 Å². The van der Waals surface area contributed by atoms with Gasteiger partial charge in [-0.15, -0.1) is 0 Å². The molecular weight excluding hydrogens is 396 g/mol. The molecule has 0 aromatic carbocycles. The molecule has 1 fully saturated rings. The summed E-state index contributed by atoms with van der Waals surface area (Å²) in [6.07, 6.45) is 1.43. The van der Waals surface area contributed by atoms with Gasteiger partial charge < -0.3 is 24.9 Å². The van der Waals surface area contributed by atoms with Gasteiger partial charge in [0.25, 0.3) is 5.91 Å². The second-order valence-electron chi connectivity index (χ2n) is 7.12. The summed E-state index contributed by atoms with van der Waals surface area (Å²) in [5.41, 5.74) is 1.18. The van der Waals surface area contributed by atoms with Gasteiger partial charge in [0.2, 0.25) is 0 Å². The van der Waals surface area contributed by atoms with Gasteiger partial charge in [-0.3, -0.25) is 9.69 Å². The first-order chi connectivity index (χ1) is 13.6. The number of anilines is 1. The number of ether oxygens (including phenoxy) is 1. The number of nitrogens with zero attached hydrogens (tertiary/aromatic N) is 4. The lowest BCUT2D eigenvalue weighted by Crippen LogP contribution is -2.42. The van der Waals surface area contributed by atoms with E-state index in [1.165, 1.54) is 6.33 Å². The highest BCUT2D eigenvalue weighted by Crippen LogP contribution is 2.19. The molecule has 0 spiro atoms. The standard InChI is InChI=1S/C18H24N6O4.H2S/c1-11-22-15-7-24(3-2-16(15)28-11)6-13(25)5-19-18(26)14-4-17(21-10-20-14)23-12-8-27-9-12;/h4,10,12-13,25H,2-3,5-9H2,1H3,(H,19,26)(H,20,21,23);1H2/t13-;/m0./s1. The highest BCUT2D eigenvalue weighted by atomic mass is 32.1. The lowest BCUT2D eigenvalue weighted by atomic mass is 10.1. The molecule has 0 bridgehead atoms. The van der Waals surface area contributed by atoms with Gasteiger partial charge in [-0.1, -0.05) is 0 Å². The number of aryl methyl sites for hydroxylation is 1. The van der Waals surface area contributed by atoms with E-state index in [1.807, 2.05) is 6.92 Å². The van der Waals surface area contributed by atoms with E-state index in [1.54, 1.807) is 6.07 Å². The van der Waals surface area contributed by atoms with E-state index in [-0.39, 0.29) is 37.7 Å². The van der Waals surface area contributed by atoms with E-state index in [0.29, 0.717) is 38.0 Å². The third-order valence-electron chi connectivity index (χ3n) is 4.77. The van der Waals surface area contributed by atoms with Gasteiger partial charge in [0.15, 0.2) is 5.89 Å². The Hall–Kier alpha value is -2.21. The number of hydrogen-bond donors (Lipinski definition) is 3. The molecule has 0 unspecified atom stereocenters. The minimum absolute atomic E-state index is 0. The Labute approximate surface area is 175 Å². The molecule has 3 N–H and O–H groups in total. The number of carbonyl (C=O) groups is 1. The van der Waals surface area contributed by atoms with Crippen LogP contribution in [0.3, 0.4) is 0 Å². The van der Waals surface area contributed by atoms with Crippen molar-refractivity contribution < 1.29 is 19.1 Å². The minimum Gasteiger partial charge on any atom is -0.446 e. The summed E-state index contributed by atoms with van der Waals surface area (Å²) in [6, 6.07) is 1.81. The summed E-state index contributed by atoms with van der Waals surface area (Å²) in [4.78, 5) is 26.9. The van der Waals surface area contributed by atoms with Crippen LogP contribution in [0.2, 0.25) is 0 Å². The first kappa shape index (κ1) is 21.5. The molecule has 2 aliphatic heterocycles. The van der Waals surface area contributed by atoms with Crippen LogP contribution >= 0.6 is 13.5 Å². The van der Waals surface area contributed by atoms with Crippen LogP contribution < -0.4 is 10.6 Å². The minimum atomic E-state index is -0.690. The average molecular weight is 423 g/mol. The Kier molecular flexibility index (Phi) is 7.06. The van der Waals surface area contributed by atoms with Crippen LogP contribution in [0.25, 0.3) is 0 Å². The lowest BCUT2D eigenvalue weighted by Gasteiger charge is -2.27. The van der Waals surface area contributed by atoms with Crippen LogP contribution in [-0.4, -0.2) is 75.9 Å². The highest BCUT2D eigenvalue weighted by Gasteiger charge is 2.23. The summed E-state index contributed by atoms with van der Waals surface area (Å²) < 4.78 is 10.7. The topological polar surface area (TPSA) is 126 Å². The van der Waals surface area contributed by atoms with E-state index < -0.39 is 6.10 Å². The van der Waals surface area contributed by atoms with Crippen LogP contribution in [0.5, 0.6) is 0 Å². The third-order valence-corrected chi connectivity index (χ3v) is 4.77. The van der Waals surface area contributed by atoms with Crippen molar-refractivity contribution in [2.45, 2.75) is 32.0 Å². The number of amides is 1. The Balaban J connectivity index is 0.00000240. The van der Waals surface area contributed by atoms with Gasteiger partial charge >= 0.3 is 0 Å². The molecular formula is C18H26N6O4S. The molecule has 1 amide bonds. The number of β-amino-alcohol motifs (C(OH)–C–C–N with tert-alkyl or cyclic N) is 1. The number of carbonyl (C=O) groups excluding carboxylic acids is 1. The summed E-state index contributed by atoms with van der Waals surface area (Å²) in [7, 11) is 0. The fourth-order valence-electron chi connectivity index (χ4n) is 3.29. The molecule has 10 nitrogen and oxygen atoms in total. The number of aromatic nitrogens is 3. The number of hydrogen-bond acceptors (Lipinski definition) is 9. The number of aliphatic hydroxyl groups excluding tert-OH is 1. The predicted molar refractivity (Wildman–Crippen MR) is 109 cm³/mol. The monoisotopic (exact) mass is 422 g/mol. The second-order valence-corrected chi connectivity index (χ2v) is 7.12. The fourth-order valence-corrected chi connectivity index (χ4v) is 3.29. The van der Waals surface area contributed by atoms with Crippen molar-refractivity contribution in [3.8, 4) is 0 Å². The maximum absolute atomic E-state index is 12.3. The van der Waals surface area contributed by atoms with Crippen molar-refractivity contribution in [2.75, 3.05) is 38.2 Å². The summed E-state index contributed by atoms with van der Waals surface area (Å²) in [5, 5.41) is 16.2. The molecule has 1 saturated heterocycles. The fraction of sp³-hybridized carbons (Fsp3) is 0.556. The van der Waals surface area contributed by atoms with E-state index in [0.717, 1.165) is 24.4 Å². The smallest absolute Gasteiger partial charge is 0.270 e. The maximum Gasteiger partial charge on any atom is 0.270 e. The average Bonchev–Trinajstić information content (AvgIpc) is 3.02. The van der Waals surface area contributed by atoms with Crippen LogP contribution in [-0.2, 0) is 17.7 Å². The van der Waals surface area contributed by atoms with E-state index in [2.05, 4.69) is 30.5 Å². The maximum atomic E-state index is 12.3. The van der Waals surface area contributed by atoms with Crippen molar-refractivity contribution >= 4 is 25.2 Å². The van der Waals surface area contributed by atoms with Crippen LogP contribution in [0, 0.1) is 6.92 Å². The number of oxazole rings is 1. The van der Waals surface area contributed by atoms with Gasteiger partial charge in [-0.25, -0.2) is 15.0 Å². The molecule has 0 aliphatic carbocycles. The summed E-state index contributed by atoms with van der Waals surface area (Å²) in [6.45, 7) is 5.11. The summed E-state index contributed by atoms with van der Waals surface area (Å²) >= 11 is 0. The van der Waals surface area contributed by atoms with E-state index in [4.69, 9.17) is 9.15 Å². The van der Waals surface area contributed by atoms with Crippen molar-refractivity contribution in [3.63, 3.8) is 0 Å². The van der Waals surface area contributed by atoms with Gasteiger partial charge in [0.1, 0.15) is 23.6 Å². The van der Waals surface area contributed by atoms with Crippen molar-refractivity contribution in [1.29, 1.82) is 0 Å². The summed E-state index contributed by atoms with van der Waals surface area (Å²) in [5.74, 6) is 1.84. The Morgan fingerprint density at radius 3 is 3.00 bits per heavy atom. The molecule has 0 saturated carbocycles. The van der Waals surface area contributed by atoms with Crippen LogP contribution in [0.15, 0.2) is 16.8 Å². The normalized spacial score (nSPS) is 17.6. The molecule has 158 valence electrons. The van der Waals surface area contributed by atoms with Crippen LogP contribution in [0.1, 0.15) is 27.8 Å². The molecule has 4 rings (SSSR count). The highest BCUT2D eigenvalue weighted by molar-refractivity contribution is 7.59. The Morgan fingerprint density at radius 2 is 2.24 bits per heavy atom. The molecule has 1 atom stereocenters. The van der Waals surface area contributed by atoms with Crippen molar-refractivity contribution in [2.24, 2.45) is 0 Å². The molecule has 0 radical (unpaired) electrons. The van der Waals surface area contributed by atoms with Crippen LogP contribution in [0.4, 0.5) is 5.82 Å². The first-order valence-corrected chi connectivity index (χ1v) is 9.37. The van der Waals surface area contributed by atoms with Gasteiger partial charge in [0.05, 0.1) is 31.1 Å². The largest absolute Gasteiger partial charge is 0.446 e. The molecule has 11 heteroatoms. The lowest BCUT2D eigenvalue weighted by molar-refractivity contribution is 0.0209. The number of aliphatic hydroxyl groups is 1. The van der Waals surface area contributed by atoms with Crippen molar-refractivity contribution in [1.82, 2.24) is 25.2 Å². The number of fused-ring (bicyclic) bond motifs is 1. The molecule has 2 aromatic heterocycles. The van der Waals surface area contributed by atoms with Gasteiger partial charge in [0, 0.05) is 45.6 Å².